The summed E-state index contributed by atoms with van der Waals surface area (Å²) >= 11 is 0. The van der Waals surface area contributed by atoms with Gasteiger partial charge in [-0.15, -0.1) is 0 Å². The number of methoxy groups -OCH3 is 1. The van der Waals surface area contributed by atoms with E-state index in [1.165, 1.54) is 0 Å². The first-order valence-electron chi connectivity index (χ1n) is 7.94. The fraction of sp³-hybridized carbons (Fsp3) is 0.588. The van der Waals surface area contributed by atoms with Crippen molar-refractivity contribution >= 4 is 5.96 Å². The molecular weight excluding hydrogens is 278 g/mol. The summed E-state index contributed by atoms with van der Waals surface area (Å²) in [4.78, 5) is 4.63. The normalized spacial score (nSPS) is 21.7. The predicted octanol–water partition coefficient (Wildman–Crippen LogP) is 2.32. The van der Waals surface area contributed by atoms with Crippen molar-refractivity contribution in [2.24, 2.45) is 4.99 Å². The average Bonchev–Trinajstić information content (AvgIpc) is 2.97. The first-order valence-corrected chi connectivity index (χ1v) is 7.94. The molecular formula is C17H27N3O2. The van der Waals surface area contributed by atoms with Crippen molar-refractivity contribution in [2.45, 2.75) is 38.8 Å². The number of benzene rings is 1. The second-order valence-electron chi connectivity index (χ2n) is 5.80. The third-order valence-electron chi connectivity index (χ3n) is 3.83. The quantitative estimate of drug-likeness (QED) is 0.625. The van der Waals surface area contributed by atoms with E-state index in [4.69, 9.17) is 9.47 Å². The van der Waals surface area contributed by atoms with E-state index in [9.17, 15) is 0 Å². The monoisotopic (exact) mass is 305 g/mol. The Morgan fingerprint density at radius 2 is 2.27 bits per heavy atom. The lowest BCUT2D eigenvalue weighted by Gasteiger charge is -2.24. The molecule has 1 fully saturated rings. The first kappa shape index (κ1) is 16.6. The maximum Gasteiger partial charge on any atom is 0.191 e. The summed E-state index contributed by atoms with van der Waals surface area (Å²) in [6, 6.07) is 7.98. The highest BCUT2D eigenvalue weighted by molar-refractivity contribution is 5.79. The van der Waals surface area contributed by atoms with Crippen molar-refractivity contribution in [1.29, 1.82) is 0 Å². The number of guanidine groups is 1. The fourth-order valence-electron chi connectivity index (χ4n) is 2.53. The number of hydrogen-bond acceptors (Lipinski definition) is 3. The van der Waals surface area contributed by atoms with Gasteiger partial charge in [-0.25, -0.2) is 4.99 Å². The lowest BCUT2D eigenvalue weighted by atomic mass is 10.0. The maximum absolute atomic E-state index is 5.80. The Labute approximate surface area is 133 Å². The third-order valence-corrected chi connectivity index (χ3v) is 3.83. The summed E-state index contributed by atoms with van der Waals surface area (Å²) in [6.45, 7) is 7.30. The van der Waals surface area contributed by atoms with Crippen LogP contribution >= 0.6 is 0 Å². The molecule has 22 heavy (non-hydrogen) atoms. The van der Waals surface area contributed by atoms with Gasteiger partial charge in [-0.05, 0) is 44.4 Å². The van der Waals surface area contributed by atoms with Gasteiger partial charge in [-0.3, -0.25) is 0 Å². The van der Waals surface area contributed by atoms with E-state index in [0.29, 0.717) is 6.54 Å². The molecule has 1 aliphatic rings. The van der Waals surface area contributed by atoms with Crippen molar-refractivity contribution < 1.29 is 9.47 Å². The second-order valence-corrected chi connectivity index (χ2v) is 5.80. The van der Waals surface area contributed by atoms with Crippen molar-refractivity contribution in [3.63, 3.8) is 0 Å². The minimum Gasteiger partial charge on any atom is -0.497 e. The molecule has 0 bridgehead atoms. The molecule has 0 spiro atoms. The molecule has 1 aromatic rings. The Morgan fingerprint density at radius 3 is 2.95 bits per heavy atom. The van der Waals surface area contributed by atoms with Crippen molar-refractivity contribution in [2.75, 3.05) is 26.8 Å². The zero-order valence-corrected chi connectivity index (χ0v) is 13.8. The van der Waals surface area contributed by atoms with Crippen LogP contribution in [0.1, 0.15) is 32.3 Å². The molecule has 1 atom stereocenters. The lowest BCUT2D eigenvalue weighted by molar-refractivity contribution is 0.0243. The van der Waals surface area contributed by atoms with E-state index in [2.05, 4.69) is 35.5 Å². The van der Waals surface area contributed by atoms with Crippen molar-refractivity contribution in [1.82, 2.24) is 10.6 Å². The van der Waals surface area contributed by atoms with Gasteiger partial charge in [0.05, 0.1) is 19.3 Å². The molecule has 0 aliphatic carbocycles. The maximum atomic E-state index is 5.80. The first-order chi connectivity index (χ1) is 10.6. The van der Waals surface area contributed by atoms with Gasteiger partial charge in [0.2, 0.25) is 0 Å². The summed E-state index contributed by atoms with van der Waals surface area (Å²) in [7, 11) is 1.68. The van der Waals surface area contributed by atoms with Gasteiger partial charge in [-0.1, -0.05) is 12.1 Å². The van der Waals surface area contributed by atoms with Gasteiger partial charge in [-0.2, -0.15) is 0 Å². The molecule has 0 radical (unpaired) electrons. The van der Waals surface area contributed by atoms with Crippen LogP contribution in [0, 0.1) is 0 Å². The number of ether oxygens (including phenoxy) is 2. The van der Waals surface area contributed by atoms with E-state index < -0.39 is 0 Å². The van der Waals surface area contributed by atoms with E-state index in [1.54, 1.807) is 7.11 Å². The molecule has 5 heteroatoms. The van der Waals surface area contributed by atoms with Crippen molar-refractivity contribution in [3.8, 4) is 5.75 Å². The highest BCUT2D eigenvalue weighted by Crippen LogP contribution is 2.23. The minimum absolute atomic E-state index is 0.0772. The zero-order chi connectivity index (χ0) is 15.8. The summed E-state index contributed by atoms with van der Waals surface area (Å²) in [6.07, 6.45) is 2.23. The smallest absolute Gasteiger partial charge is 0.191 e. The van der Waals surface area contributed by atoms with Gasteiger partial charge >= 0.3 is 0 Å². The average molecular weight is 305 g/mol. The van der Waals surface area contributed by atoms with E-state index in [0.717, 1.165) is 49.8 Å². The van der Waals surface area contributed by atoms with Gasteiger partial charge < -0.3 is 20.1 Å². The fourth-order valence-corrected chi connectivity index (χ4v) is 2.53. The number of aliphatic imine (C=N–C) groups is 1. The van der Waals surface area contributed by atoms with Crippen LogP contribution in [0.4, 0.5) is 0 Å². The van der Waals surface area contributed by atoms with Crippen LogP contribution in [0.3, 0.4) is 0 Å². The molecule has 1 aromatic carbocycles. The summed E-state index contributed by atoms with van der Waals surface area (Å²) in [5, 5.41) is 6.66. The molecule has 122 valence electrons. The molecule has 0 amide bonds. The molecule has 0 aromatic heterocycles. The standard InChI is InChI=1S/C17H27N3O2/c1-4-18-16(20-13-17(2)9-6-10-22-17)19-12-14-7-5-8-15(11-14)21-3/h5,7-8,11H,4,6,9-10,12-13H2,1-3H3,(H2,18,19,20). The van der Waals surface area contributed by atoms with Crippen LogP contribution in [0.5, 0.6) is 5.75 Å². The van der Waals surface area contributed by atoms with Gasteiger partial charge in [0.25, 0.3) is 0 Å². The highest BCUT2D eigenvalue weighted by atomic mass is 16.5. The van der Waals surface area contributed by atoms with E-state index in [1.807, 2.05) is 18.2 Å². The van der Waals surface area contributed by atoms with Crippen molar-refractivity contribution in [3.05, 3.63) is 29.8 Å². The molecule has 1 heterocycles. The summed E-state index contributed by atoms with van der Waals surface area (Å²) in [5.41, 5.74) is 1.05. The van der Waals surface area contributed by atoms with Crippen LogP contribution in [0.25, 0.3) is 0 Å². The Kier molecular flexibility index (Phi) is 6.07. The van der Waals surface area contributed by atoms with E-state index in [-0.39, 0.29) is 5.60 Å². The molecule has 2 N–H and O–H groups in total. The van der Waals surface area contributed by atoms with Crippen LogP contribution in [-0.4, -0.2) is 38.4 Å². The molecule has 0 saturated carbocycles. The second kappa shape index (κ2) is 8.03. The zero-order valence-electron chi connectivity index (χ0n) is 13.8. The molecule has 1 saturated heterocycles. The summed E-state index contributed by atoms with van der Waals surface area (Å²) < 4.78 is 11.0. The largest absolute Gasteiger partial charge is 0.497 e. The van der Waals surface area contributed by atoms with Gasteiger partial charge in [0, 0.05) is 19.7 Å². The molecule has 1 aliphatic heterocycles. The topological polar surface area (TPSA) is 54.9 Å². The van der Waals surface area contributed by atoms with Gasteiger partial charge in [0.1, 0.15) is 5.75 Å². The number of nitrogens with one attached hydrogen (secondary N) is 2. The Hall–Kier alpha value is -1.75. The molecule has 1 unspecified atom stereocenters. The van der Waals surface area contributed by atoms with E-state index >= 15 is 0 Å². The minimum atomic E-state index is -0.0772. The third kappa shape index (κ3) is 4.91. The molecule has 5 nitrogen and oxygen atoms in total. The molecule has 2 rings (SSSR count). The van der Waals surface area contributed by atoms with Gasteiger partial charge in [0.15, 0.2) is 5.96 Å². The Balaban J connectivity index is 1.93. The number of nitrogens with zero attached hydrogens (tertiary/aromatic N) is 1. The Morgan fingerprint density at radius 1 is 1.41 bits per heavy atom. The highest BCUT2D eigenvalue weighted by Gasteiger charge is 2.29. The number of hydrogen-bond donors (Lipinski definition) is 2. The Bertz CT molecular complexity index is 496. The van der Waals surface area contributed by atoms with Crippen LogP contribution in [0.2, 0.25) is 0 Å². The lowest BCUT2D eigenvalue weighted by Crippen LogP contribution is -2.45. The summed E-state index contributed by atoms with van der Waals surface area (Å²) in [5.74, 6) is 1.68. The van der Waals surface area contributed by atoms with Crippen LogP contribution in [-0.2, 0) is 11.3 Å². The number of rotatable bonds is 6. The van der Waals surface area contributed by atoms with Crippen LogP contribution < -0.4 is 15.4 Å². The SMILES string of the molecule is CCNC(=NCc1cccc(OC)c1)NCC1(C)CCCO1. The van der Waals surface area contributed by atoms with Crippen LogP contribution in [0.15, 0.2) is 29.3 Å². The predicted molar refractivity (Wildman–Crippen MR) is 89.4 cm³/mol.